The van der Waals surface area contributed by atoms with Crippen LogP contribution in [-0.4, -0.2) is 98.3 Å². The topological polar surface area (TPSA) is 222 Å². The lowest BCUT2D eigenvalue weighted by molar-refractivity contribution is 0.0959. The van der Waals surface area contributed by atoms with Gasteiger partial charge in [-0.25, -0.2) is 23.5 Å². The molecule has 0 spiro atoms. The number of aromatic nitrogens is 9. The van der Waals surface area contributed by atoms with Crippen LogP contribution in [0.25, 0.3) is 34.4 Å². The molecule has 0 bridgehead atoms. The van der Waals surface area contributed by atoms with E-state index in [1.54, 1.807) is 40.2 Å². The van der Waals surface area contributed by atoms with Gasteiger partial charge in [0.2, 0.25) is 0 Å². The summed E-state index contributed by atoms with van der Waals surface area (Å²) in [5.74, 6) is 1.36. The van der Waals surface area contributed by atoms with Gasteiger partial charge in [0.1, 0.15) is 21.0 Å². The van der Waals surface area contributed by atoms with Crippen LogP contribution in [0, 0.1) is 13.8 Å². The van der Waals surface area contributed by atoms with Crippen molar-refractivity contribution < 1.29 is 9.00 Å². The largest absolute Gasteiger partial charge is 0.370 e. The lowest BCUT2D eigenvalue weighted by atomic mass is 10.2. The van der Waals surface area contributed by atoms with Gasteiger partial charge in [0, 0.05) is 69.4 Å². The molecule has 322 valence electrons. The molecule has 0 aliphatic rings. The highest BCUT2D eigenvalue weighted by Crippen LogP contribution is 2.33. The van der Waals surface area contributed by atoms with E-state index in [4.69, 9.17) is 16.5 Å². The van der Waals surface area contributed by atoms with Gasteiger partial charge >= 0.3 is 0 Å². The molecular formula is C40H52N16O2S3. The molecule has 7 N–H and O–H groups in total. The van der Waals surface area contributed by atoms with Crippen molar-refractivity contribution in [2.45, 2.75) is 44.4 Å². The molecule has 0 aliphatic heterocycles. The van der Waals surface area contributed by atoms with Crippen LogP contribution in [0.2, 0.25) is 0 Å². The average molecular weight is 885 g/mol. The molecule has 7 aromatic heterocycles. The van der Waals surface area contributed by atoms with Gasteiger partial charge in [-0.3, -0.25) is 28.1 Å². The summed E-state index contributed by atoms with van der Waals surface area (Å²) in [4.78, 5) is 31.0. The first-order valence-corrected chi connectivity index (χ1v) is 22.2. The van der Waals surface area contributed by atoms with Crippen molar-refractivity contribution in [2.24, 2.45) is 30.6 Å². The minimum Gasteiger partial charge on any atom is -0.370 e. The number of rotatable bonds is 17. The Morgan fingerprint density at radius 1 is 0.951 bits per heavy atom. The molecule has 0 saturated carbocycles. The smallest absolute Gasteiger partial charge is 0.261 e. The van der Waals surface area contributed by atoms with E-state index in [-0.39, 0.29) is 5.91 Å². The van der Waals surface area contributed by atoms with Gasteiger partial charge in [-0.2, -0.15) is 10.2 Å². The average Bonchev–Trinajstić information content (AvgIpc) is 4.10. The zero-order valence-corrected chi connectivity index (χ0v) is 37.8. The third kappa shape index (κ3) is 10.6. The summed E-state index contributed by atoms with van der Waals surface area (Å²) in [5, 5.41) is 19.9. The number of carbonyl (C=O) groups excluding carboxylic acids is 1. The van der Waals surface area contributed by atoms with Gasteiger partial charge in [-0.1, -0.05) is 0 Å². The first-order valence-electron chi connectivity index (χ1n) is 19.4. The first-order chi connectivity index (χ1) is 29.3. The van der Waals surface area contributed by atoms with E-state index in [2.05, 4.69) is 47.8 Å². The van der Waals surface area contributed by atoms with Crippen LogP contribution in [0.3, 0.4) is 0 Å². The summed E-state index contributed by atoms with van der Waals surface area (Å²) in [6.45, 7) is 11.5. The Morgan fingerprint density at radius 2 is 1.64 bits per heavy atom. The van der Waals surface area contributed by atoms with E-state index in [0.717, 1.165) is 65.1 Å². The number of carbonyl (C=O) groups is 1. The maximum absolute atomic E-state index is 12.4. The zero-order chi connectivity index (χ0) is 43.8. The van der Waals surface area contributed by atoms with Gasteiger partial charge in [0.25, 0.3) is 5.91 Å². The molecule has 0 aliphatic carbocycles. The molecule has 0 fully saturated rings. The standard InChI is InChI=1S/C20H28N8OS2.C20H24N8OS/c1-14-8-19(30-20(14)31(29)26(3)4)24-11-18-23-10-17(15-9-25-27(5)12-15)28(18)13-16(22-2)6-7-21;1-4-22-20(29)17-12(2)7-16(30-17)26-18-19-23-9-15(13-8-24-27(3)10-13)28(19)11-14(25-18)5-6-21/h8-10,12-13,24H,2,6-7,11,21H2,1,3-5H3;7-11H,4-6,21H2,1-3H3,(H,22,29)(H,25,26)/b16-13-;. The number of nitrogens with one attached hydrogen (secondary N) is 3. The number of aryl methyl sites for hydroxylation is 4. The van der Waals surface area contributed by atoms with Gasteiger partial charge in [-0.15, -0.1) is 22.7 Å². The molecule has 0 aromatic carbocycles. The Hall–Kier alpha value is -5.84. The number of amides is 1. The normalized spacial score (nSPS) is 12.1. The fourth-order valence-corrected chi connectivity index (χ4v) is 9.72. The fourth-order valence-electron chi connectivity index (χ4n) is 6.26. The molecule has 1 atom stereocenters. The number of aliphatic imine (C=N–C) groups is 1. The van der Waals surface area contributed by atoms with E-state index in [1.807, 2.05) is 93.2 Å². The highest BCUT2D eigenvalue weighted by atomic mass is 32.2. The van der Waals surface area contributed by atoms with E-state index in [1.165, 1.54) is 22.7 Å². The number of fused-ring (bicyclic) bond motifs is 1. The maximum Gasteiger partial charge on any atom is 0.261 e. The summed E-state index contributed by atoms with van der Waals surface area (Å²) < 4.78 is 22.5. The molecule has 7 rings (SSSR count). The van der Waals surface area contributed by atoms with Crippen LogP contribution in [0.1, 0.15) is 45.7 Å². The molecule has 7 heterocycles. The second kappa shape index (κ2) is 20.1. The molecule has 7 aromatic rings. The molecule has 61 heavy (non-hydrogen) atoms. The van der Waals surface area contributed by atoms with Crippen LogP contribution in [0.4, 0.5) is 15.8 Å². The van der Waals surface area contributed by atoms with Gasteiger partial charge in [0.05, 0.1) is 69.0 Å². The second-order valence-electron chi connectivity index (χ2n) is 14.1. The lowest BCUT2D eigenvalue weighted by Gasteiger charge is -2.09. The minimum absolute atomic E-state index is 0.0669. The van der Waals surface area contributed by atoms with Crippen LogP contribution < -0.4 is 27.4 Å². The van der Waals surface area contributed by atoms with Crippen LogP contribution in [-0.2, 0) is 38.0 Å². The van der Waals surface area contributed by atoms with E-state index < -0.39 is 11.0 Å². The monoisotopic (exact) mass is 884 g/mol. The van der Waals surface area contributed by atoms with E-state index in [0.29, 0.717) is 55.4 Å². The van der Waals surface area contributed by atoms with Crippen LogP contribution in [0.15, 0.2) is 70.4 Å². The molecule has 0 radical (unpaired) electrons. The van der Waals surface area contributed by atoms with Gasteiger partial charge < -0.3 is 27.4 Å². The highest BCUT2D eigenvalue weighted by Gasteiger charge is 2.19. The van der Waals surface area contributed by atoms with Crippen molar-refractivity contribution in [3.63, 3.8) is 0 Å². The second-order valence-corrected chi connectivity index (χ2v) is 18.1. The third-order valence-corrected chi connectivity index (χ3v) is 13.3. The van der Waals surface area contributed by atoms with Crippen LogP contribution in [0.5, 0.6) is 0 Å². The summed E-state index contributed by atoms with van der Waals surface area (Å²) in [5.41, 5.74) is 19.5. The number of hydrogen-bond acceptors (Lipinski definition) is 14. The minimum atomic E-state index is -1.17. The Balaban J connectivity index is 0.000000204. The Bertz CT molecular complexity index is 2680. The van der Waals surface area contributed by atoms with Gasteiger partial charge in [0.15, 0.2) is 11.5 Å². The molecule has 1 unspecified atom stereocenters. The number of imidazole rings is 2. The van der Waals surface area contributed by atoms with E-state index in [9.17, 15) is 9.00 Å². The predicted molar refractivity (Wildman–Crippen MR) is 247 cm³/mol. The van der Waals surface area contributed by atoms with Crippen molar-refractivity contribution in [2.75, 3.05) is 44.4 Å². The molecule has 21 heteroatoms. The molecule has 1 amide bonds. The fraction of sp³-hybridized carbons (Fsp3) is 0.325. The number of thiophene rings is 2. The number of nitrogens with two attached hydrogens (primary N) is 2. The Kier molecular flexibility index (Phi) is 14.8. The maximum atomic E-state index is 12.4. The van der Waals surface area contributed by atoms with Crippen molar-refractivity contribution in [1.29, 1.82) is 0 Å². The molecule has 0 saturated heterocycles. The van der Waals surface area contributed by atoms with Crippen molar-refractivity contribution in [3.05, 3.63) is 88.7 Å². The lowest BCUT2D eigenvalue weighted by Crippen LogP contribution is -2.22. The number of anilines is 3. The van der Waals surface area contributed by atoms with Crippen molar-refractivity contribution >= 4 is 74.0 Å². The van der Waals surface area contributed by atoms with Crippen molar-refractivity contribution in [1.82, 2.24) is 53.1 Å². The highest BCUT2D eigenvalue weighted by molar-refractivity contribution is 7.85. The summed E-state index contributed by atoms with van der Waals surface area (Å²) in [6.07, 6.45) is 16.3. The van der Waals surface area contributed by atoms with Gasteiger partial charge in [-0.05, 0) is 77.9 Å². The molecule has 18 nitrogen and oxygen atoms in total. The summed E-state index contributed by atoms with van der Waals surface area (Å²) in [7, 11) is 6.20. The van der Waals surface area contributed by atoms with Crippen molar-refractivity contribution in [3.8, 4) is 22.5 Å². The summed E-state index contributed by atoms with van der Waals surface area (Å²) in [6, 6.07) is 3.96. The SMILES string of the molecule is C=N/C(=C\n1c(-c2cnn(C)c2)cnc1CNc1cc(C)c(S(=O)N(C)C)s1)CCN.CCNC(=O)c1sc(Nc2nc(CCN)cn3c(-c4cnn(C)c4)cnc23)cc1C. The number of hydrogen-bond donors (Lipinski definition) is 5. The number of nitrogens with zero attached hydrogens (tertiary/aromatic N) is 11. The van der Waals surface area contributed by atoms with E-state index >= 15 is 0 Å². The molecular weight excluding hydrogens is 833 g/mol. The quantitative estimate of drug-likeness (QED) is 0.0749. The first kappa shape index (κ1) is 44.7. The Labute approximate surface area is 365 Å². The predicted octanol–water partition coefficient (Wildman–Crippen LogP) is 5.19. The zero-order valence-electron chi connectivity index (χ0n) is 35.3. The summed E-state index contributed by atoms with van der Waals surface area (Å²) >= 11 is 2.89. The third-order valence-electron chi connectivity index (χ3n) is 9.19. The van der Waals surface area contributed by atoms with Crippen LogP contribution >= 0.6 is 22.7 Å². The Morgan fingerprint density at radius 3 is 2.26 bits per heavy atom.